The van der Waals surface area contributed by atoms with Gasteiger partial charge in [-0.15, -0.1) is 0 Å². The number of imidazole rings is 1. The van der Waals surface area contributed by atoms with Crippen molar-refractivity contribution in [3.05, 3.63) is 16.7 Å². The zero-order valence-electron chi connectivity index (χ0n) is 16.4. The van der Waals surface area contributed by atoms with Crippen molar-refractivity contribution in [2.45, 2.75) is 97.6 Å². The smallest absolute Gasteiger partial charge is 0.329 e. The molecule has 0 atom stereocenters. The molecule has 0 fully saturated rings. The van der Waals surface area contributed by atoms with E-state index < -0.39 is 0 Å². The molecule has 0 aromatic carbocycles. The summed E-state index contributed by atoms with van der Waals surface area (Å²) >= 11 is 0. The van der Waals surface area contributed by atoms with Crippen LogP contribution in [0.25, 0.3) is 0 Å². The van der Waals surface area contributed by atoms with Gasteiger partial charge < -0.3 is 10.1 Å². The lowest BCUT2D eigenvalue weighted by molar-refractivity contribution is 0.196. The number of unbranched alkanes of at least 4 members (excludes halogenated alkanes) is 10. The van der Waals surface area contributed by atoms with Crippen molar-refractivity contribution in [3.63, 3.8) is 0 Å². The van der Waals surface area contributed by atoms with Crippen LogP contribution in [0.1, 0.15) is 90.9 Å². The first kappa shape index (κ1) is 21.8. The van der Waals surface area contributed by atoms with Crippen LogP contribution in [-0.2, 0) is 6.67 Å². The van der Waals surface area contributed by atoms with E-state index in [0.29, 0.717) is 6.67 Å². The molecule has 0 spiro atoms. The van der Waals surface area contributed by atoms with E-state index in [4.69, 9.17) is 0 Å². The zero-order chi connectivity index (χ0) is 18.3. The normalized spacial score (nSPS) is 11.5. The van der Waals surface area contributed by atoms with Crippen LogP contribution in [0, 0.1) is 0 Å². The highest BCUT2D eigenvalue weighted by Gasteiger charge is 2.10. The van der Waals surface area contributed by atoms with Crippen molar-refractivity contribution >= 4 is 0 Å². The SMILES string of the molecule is CCCCCCCCN(CCCCCCCC)Cn1c(O)c[nH]c1=O. The third kappa shape index (κ3) is 9.73. The maximum Gasteiger partial charge on any atom is 0.329 e. The van der Waals surface area contributed by atoms with Gasteiger partial charge in [0.2, 0.25) is 5.88 Å². The number of H-pyrrole nitrogens is 1. The molecule has 5 heteroatoms. The molecule has 0 radical (unpaired) electrons. The molecule has 0 aliphatic carbocycles. The Hall–Kier alpha value is -1.23. The van der Waals surface area contributed by atoms with Gasteiger partial charge in [-0.3, -0.25) is 4.90 Å². The first-order chi connectivity index (χ1) is 12.2. The summed E-state index contributed by atoms with van der Waals surface area (Å²) in [6, 6.07) is 0. The van der Waals surface area contributed by atoms with Crippen LogP contribution in [0.3, 0.4) is 0 Å². The second-order valence-corrected chi connectivity index (χ2v) is 7.18. The monoisotopic (exact) mass is 353 g/mol. The van der Waals surface area contributed by atoms with E-state index in [2.05, 4.69) is 23.7 Å². The average molecular weight is 354 g/mol. The molecule has 0 aliphatic rings. The summed E-state index contributed by atoms with van der Waals surface area (Å²) < 4.78 is 1.42. The van der Waals surface area contributed by atoms with Crippen LogP contribution < -0.4 is 5.69 Å². The van der Waals surface area contributed by atoms with E-state index in [0.717, 1.165) is 13.1 Å². The third-order valence-corrected chi connectivity index (χ3v) is 4.84. The number of aromatic amines is 1. The summed E-state index contributed by atoms with van der Waals surface area (Å²) in [5.74, 6) is 0.0286. The molecule has 25 heavy (non-hydrogen) atoms. The van der Waals surface area contributed by atoms with Gasteiger partial charge in [-0.1, -0.05) is 78.1 Å². The number of nitrogens with zero attached hydrogens (tertiary/aromatic N) is 2. The van der Waals surface area contributed by atoms with Crippen molar-refractivity contribution in [1.82, 2.24) is 14.5 Å². The fourth-order valence-corrected chi connectivity index (χ4v) is 3.21. The van der Waals surface area contributed by atoms with Crippen LogP contribution in [0.4, 0.5) is 0 Å². The molecule has 1 heterocycles. The Kier molecular flexibility index (Phi) is 12.2. The molecule has 0 amide bonds. The Morgan fingerprint density at radius 2 is 1.36 bits per heavy atom. The topological polar surface area (TPSA) is 61.3 Å². The highest BCUT2D eigenvalue weighted by atomic mass is 16.3. The largest absolute Gasteiger partial charge is 0.493 e. The second kappa shape index (κ2) is 14.0. The van der Waals surface area contributed by atoms with Crippen molar-refractivity contribution in [3.8, 4) is 5.88 Å². The van der Waals surface area contributed by atoms with Gasteiger partial charge in [0, 0.05) is 0 Å². The highest BCUT2D eigenvalue weighted by Crippen LogP contribution is 2.11. The Morgan fingerprint density at radius 1 is 0.880 bits per heavy atom. The fraction of sp³-hybridized carbons (Fsp3) is 0.850. The maximum atomic E-state index is 11.8. The highest BCUT2D eigenvalue weighted by molar-refractivity contribution is 5.02. The molecule has 5 nitrogen and oxygen atoms in total. The number of nitrogens with one attached hydrogen (secondary N) is 1. The number of rotatable bonds is 16. The summed E-state index contributed by atoms with van der Waals surface area (Å²) in [6.45, 7) is 6.96. The van der Waals surface area contributed by atoms with Crippen LogP contribution in [-0.4, -0.2) is 32.6 Å². The number of hydrogen-bond donors (Lipinski definition) is 2. The van der Waals surface area contributed by atoms with Gasteiger partial charge in [0.25, 0.3) is 0 Å². The van der Waals surface area contributed by atoms with Gasteiger partial charge in [-0.25, -0.2) is 9.36 Å². The quantitative estimate of drug-likeness (QED) is 0.417. The molecule has 1 aromatic heterocycles. The Balaban J connectivity index is 2.37. The van der Waals surface area contributed by atoms with Gasteiger partial charge in [0.1, 0.15) is 0 Å². The molecule has 0 unspecified atom stereocenters. The van der Waals surface area contributed by atoms with Gasteiger partial charge >= 0.3 is 5.69 Å². The van der Waals surface area contributed by atoms with Crippen LogP contribution in [0.15, 0.2) is 11.0 Å². The minimum atomic E-state index is -0.228. The fourth-order valence-electron chi connectivity index (χ4n) is 3.21. The minimum Gasteiger partial charge on any atom is -0.493 e. The number of hydrogen-bond acceptors (Lipinski definition) is 3. The Labute approximate surface area is 153 Å². The van der Waals surface area contributed by atoms with Gasteiger partial charge in [-0.2, -0.15) is 0 Å². The van der Waals surface area contributed by atoms with E-state index in [9.17, 15) is 9.90 Å². The molecule has 1 rings (SSSR count). The lowest BCUT2D eigenvalue weighted by Crippen LogP contribution is -2.32. The molecule has 146 valence electrons. The maximum absolute atomic E-state index is 11.8. The molecule has 1 aromatic rings. The molecule has 0 saturated heterocycles. The number of aromatic nitrogens is 2. The molecule has 2 N–H and O–H groups in total. The van der Waals surface area contributed by atoms with Crippen LogP contribution in [0.5, 0.6) is 5.88 Å². The van der Waals surface area contributed by atoms with E-state index in [1.807, 2.05) is 0 Å². The number of aromatic hydroxyl groups is 1. The summed E-state index contributed by atoms with van der Waals surface area (Å²) in [7, 11) is 0. The summed E-state index contributed by atoms with van der Waals surface area (Å²) in [6.07, 6.45) is 16.7. The molecule has 0 aliphatic heterocycles. The van der Waals surface area contributed by atoms with E-state index in [1.165, 1.54) is 87.8 Å². The standard InChI is InChI=1S/C20H39N3O2/c1-3-5-7-9-11-13-15-22(16-14-12-10-8-6-4-2)18-23-19(24)17-21-20(23)25/h17,24H,3-16,18H2,1-2H3,(H,21,25). The molecular weight excluding hydrogens is 314 g/mol. The van der Waals surface area contributed by atoms with Crippen molar-refractivity contribution in [2.24, 2.45) is 0 Å². The van der Waals surface area contributed by atoms with Gasteiger partial charge in [-0.05, 0) is 25.9 Å². The summed E-state index contributed by atoms with van der Waals surface area (Å²) in [5.41, 5.74) is -0.228. The first-order valence-electron chi connectivity index (χ1n) is 10.4. The first-order valence-corrected chi connectivity index (χ1v) is 10.4. The Bertz CT molecular complexity index is 466. The van der Waals surface area contributed by atoms with Crippen LogP contribution >= 0.6 is 0 Å². The predicted octanol–water partition coefficient (Wildman–Crippen LogP) is 4.86. The van der Waals surface area contributed by atoms with Crippen LogP contribution in [0.2, 0.25) is 0 Å². The average Bonchev–Trinajstić information content (AvgIpc) is 2.92. The van der Waals surface area contributed by atoms with Gasteiger partial charge in [0.15, 0.2) is 0 Å². The predicted molar refractivity (Wildman–Crippen MR) is 105 cm³/mol. The zero-order valence-corrected chi connectivity index (χ0v) is 16.4. The van der Waals surface area contributed by atoms with Crippen molar-refractivity contribution < 1.29 is 5.11 Å². The summed E-state index contributed by atoms with van der Waals surface area (Å²) in [4.78, 5) is 16.7. The lowest BCUT2D eigenvalue weighted by Gasteiger charge is -2.22. The Morgan fingerprint density at radius 3 is 1.80 bits per heavy atom. The van der Waals surface area contributed by atoms with E-state index >= 15 is 0 Å². The molecule has 0 bridgehead atoms. The summed E-state index contributed by atoms with van der Waals surface area (Å²) in [5, 5.41) is 9.82. The van der Waals surface area contributed by atoms with Crippen molar-refractivity contribution in [1.29, 1.82) is 0 Å². The second-order valence-electron chi connectivity index (χ2n) is 7.18. The van der Waals surface area contributed by atoms with E-state index in [-0.39, 0.29) is 11.6 Å². The third-order valence-electron chi connectivity index (χ3n) is 4.84. The lowest BCUT2D eigenvalue weighted by atomic mass is 10.1. The van der Waals surface area contributed by atoms with E-state index in [1.54, 1.807) is 0 Å². The molecular formula is C20H39N3O2. The van der Waals surface area contributed by atoms with Gasteiger partial charge in [0.05, 0.1) is 12.9 Å². The van der Waals surface area contributed by atoms with Crippen molar-refractivity contribution in [2.75, 3.05) is 13.1 Å². The molecule has 0 saturated carbocycles. The minimum absolute atomic E-state index is 0.0286.